The molecule has 0 aliphatic rings. The lowest BCUT2D eigenvalue weighted by Gasteiger charge is -2.26. The van der Waals surface area contributed by atoms with Crippen LogP contribution in [0.3, 0.4) is 0 Å². The molecule has 4 heteroatoms. The molecule has 0 spiro atoms. The Labute approximate surface area is 73.1 Å². The molecule has 0 aromatic rings. The highest BCUT2D eigenvalue weighted by atomic mass is 16.6. The third-order valence-electron chi connectivity index (χ3n) is 1.24. The van der Waals surface area contributed by atoms with Gasteiger partial charge >= 0.3 is 6.09 Å². The molecule has 0 saturated heterocycles. The first kappa shape index (κ1) is 11.2. The van der Waals surface area contributed by atoms with Gasteiger partial charge in [-0.2, -0.15) is 0 Å². The molecule has 0 heterocycles. The Bertz CT molecular complexity index is 160. The zero-order valence-electron chi connectivity index (χ0n) is 8.29. The van der Waals surface area contributed by atoms with Crippen molar-refractivity contribution < 1.29 is 14.6 Å². The van der Waals surface area contributed by atoms with Crippen LogP contribution >= 0.6 is 0 Å². The van der Waals surface area contributed by atoms with Crippen LogP contribution in [0, 0.1) is 0 Å². The second-order valence-electron chi connectivity index (χ2n) is 3.72. The van der Waals surface area contributed by atoms with E-state index in [-0.39, 0.29) is 0 Å². The molecule has 0 bridgehead atoms. The van der Waals surface area contributed by atoms with Gasteiger partial charge in [0, 0.05) is 7.05 Å². The van der Waals surface area contributed by atoms with Gasteiger partial charge in [0.1, 0.15) is 11.8 Å². The number of amides is 1. The van der Waals surface area contributed by atoms with Crippen LogP contribution in [0.15, 0.2) is 0 Å². The fourth-order valence-electron chi connectivity index (χ4n) is 0.486. The number of nitrogens with zero attached hydrogens (tertiary/aromatic N) is 1. The molecule has 1 amide bonds. The third kappa shape index (κ3) is 4.18. The van der Waals surface area contributed by atoms with Crippen LogP contribution in [-0.2, 0) is 4.74 Å². The topological polar surface area (TPSA) is 49.8 Å². The molecule has 0 unspecified atom stereocenters. The monoisotopic (exact) mass is 175 g/mol. The average molecular weight is 175 g/mol. The molecule has 0 aromatic carbocycles. The molecule has 72 valence electrons. The summed E-state index contributed by atoms with van der Waals surface area (Å²) in [6.45, 7) is 6.84. The number of ether oxygens (including phenoxy) is 1. The predicted molar refractivity (Wildman–Crippen MR) is 45.7 cm³/mol. The van der Waals surface area contributed by atoms with E-state index in [9.17, 15) is 4.79 Å². The maximum absolute atomic E-state index is 11.1. The van der Waals surface area contributed by atoms with Crippen molar-refractivity contribution in [3.63, 3.8) is 0 Å². The van der Waals surface area contributed by atoms with Crippen molar-refractivity contribution in [1.82, 2.24) is 4.90 Å². The number of aliphatic hydroxyl groups excluding tert-OH is 1. The van der Waals surface area contributed by atoms with Crippen molar-refractivity contribution in [2.45, 2.75) is 39.5 Å². The van der Waals surface area contributed by atoms with Crippen molar-refractivity contribution in [2.24, 2.45) is 0 Å². The minimum Gasteiger partial charge on any atom is -0.444 e. The lowest BCUT2D eigenvalue weighted by Crippen LogP contribution is -2.39. The molecule has 0 aliphatic heterocycles. The predicted octanol–water partition coefficient (Wildman–Crippen LogP) is 1.19. The third-order valence-corrected chi connectivity index (χ3v) is 1.24. The first-order valence-electron chi connectivity index (χ1n) is 3.88. The first-order valence-corrected chi connectivity index (χ1v) is 3.88. The lowest BCUT2D eigenvalue weighted by atomic mass is 10.2. The van der Waals surface area contributed by atoms with E-state index >= 15 is 0 Å². The van der Waals surface area contributed by atoms with Gasteiger partial charge < -0.3 is 9.84 Å². The number of rotatable bonds is 1. The smallest absolute Gasteiger partial charge is 0.412 e. The highest BCUT2D eigenvalue weighted by Crippen LogP contribution is 2.09. The van der Waals surface area contributed by atoms with Gasteiger partial charge in [0.2, 0.25) is 0 Å². The molecular formula is C8H17NO3. The fourth-order valence-corrected chi connectivity index (χ4v) is 0.486. The number of hydrogen-bond donors (Lipinski definition) is 1. The number of hydrogen-bond acceptors (Lipinski definition) is 3. The highest BCUT2D eigenvalue weighted by molar-refractivity contribution is 5.67. The number of carbonyl (C=O) groups is 1. The molecule has 0 aromatic heterocycles. The summed E-state index contributed by atoms with van der Waals surface area (Å²) in [6.07, 6.45) is -1.34. The molecule has 0 fully saturated rings. The molecule has 0 rings (SSSR count). The SMILES string of the molecule is C[C@@H](O)N(C)C(=O)OC(C)(C)C. The number of carbonyl (C=O) groups excluding carboxylic acids is 1. The van der Waals surface area contributed by atoms with Crippen LogP contribution < -0.4 is 0 Å². The maximum atomic E-state index is 11.1. The van der Waals surface area contributed by atoms with Gasteiger partial charge in [0.05, 0.1) is 0 Å². The second-order valence-corrected chi connectivity index (χ2v) is 3.72. The zero-order valence-corrected chi connectivity index (χ0v) is 8.29. The minimum absolute atomic E-state index is 0.514. The Balaban J connectivity index is 4.05. The molecule has 4 nitrogen and oxygen atoms in total. The van der Waals surface area contributed by atoms with E-state index < -0.39 is 17.9 Å². The van der Waals surface area contributed by atoms with E-state index in [1.165, 1.54) is 14.0 Å². The largest absolute Gasteiger partial charge is 0.444 e. The van der Waals surface area contributed by atoms with Crippen molar-refractivity contribution in [3.05, 3.63) is 0 Å². The van der Waals surface area contributed by atoms with Crippen LogP contribution in [-0.4, -0.2) is 35.0 Å². The molecule has 1 atom stereocenters. The summed E-state index contributed by atoms with van der Waals surface area (Å²) < 4.78 is 4.99. The Kier molecular flexibility index (Phi) is 3.52. The van der Waals surface area contributed by atoms with Gasteiger partial charge in [0.15, 0.2) is 0 Å². The van der Waals surface area contributed by atoms with Gasteiger partial charge in [-0.1, -0.05) is 0 Å². The molecule has 1 N–H and O–H groups in total. The highest BCUT2D eigenvalue weighted by Gasteiger charge is 2.21. The van der Waals surface area contributed by atoms with Crippen LogP contribution in [0.2, 0.25) is 0 Å². The average Bonchev–Trinajstić information content (AvgIpc) is 1.82. The lowest BCUT2D eigenvalue weighted by molar-refractivity contribution is -0.0128. The summed E-state index contributed by atoms with van der Waals surface area (Å²) in [5, 5.41) is 9.01. The zero-order chi connectivity index (χ0) is 9.94. The standard InChI is InChI=1S/C8H17NO3/c1-6(10)9(5)7(11)12-8(2,3)4/h6,10H,1-5H3/t6-/m1/s1. The van der Waals surface area contributed by atoms with Crippen molar-refractivity contribution in [2.75, 3.05) is 7.05 Å². The van der Waals surface area contributed by atoms with Gasteiger partial charge in [-0.15, -0.1) is 0 Å². The van der Waals surface area contributed by atoms with Crippen LogP contribution in [0.5, 0.6) is 0 Å². The van der Waals surface area contributed by atoms with Crippen LogP contribution in [0.25, 0.3) is 0 Å². The van der Waals surface area contributed by atoms with Crippen molar-refractivity contribution in [3.8, 4) is 0 Å². The van der Waals surface area contributed by atoms with Crippen molar-refractivity contribution >= 4 is 6.09 Å². The summed E-state index contributed by atoms with van der Waals surface area (Å²) >= 11 is 0. The van der Waals surface area contributed by atoms with E-state index in [4.69, 9.17) is 9.84 Å². The summed E-state index contributed by atoms with van der Waals surface area (Å²) in [7, 11) is 1.48. The summed E-state index contributed by atoms with van der Waals surface area (Å²) in [4.78, 5) is 12.3. The molecule has 0 radical (unpaired) electrons. The normalized spacial score (nSPS) is 13.8. The second kappa shape index (κ2) is 3.76. The van der Waals surface area contributed by atoms with E-state index in [2.05, 4.69) is 0 Å². The molecular weight excluding hydrogens is 158 g/mol. The van der Waals surface area contributed by atoms with Gasteiger partial charge in [-0.25, -0.2) is 4.79 Å². The fraction of sp³-hybridized carbons (Fsp3) is 0.875. The Morgan fingerprint density at radius 1 is 1.50 bits per heavy atom. The quantitative estimate of drug-likeness (QED) is 0.609. The van der Waals surface area contributed by atoms with Crippen LogP contribution in [0.1, 0.15) is 27.7 Å². The van der Waals surface area contributed by atoms with E-state index in [0.717, 1.165) is 4.90 Å². The van der Waals surface area contributed by atoms with Gasteiger partial charge in [-0.3, -0.25) is 4.90 Å². The maximum Gasteiger partial charge on any atom is 0.412 e. The van der Waals surface area contributed by atoms with E-state index in [1.54, 1.807) is 20.8 Å². The number of aliphatic hydroxyl groups is 1. The minimum atomic E-state index is -0.820. The van der Waals surface area contributed by atoms with Crippen molar-refractivity contribution in [1.29, 1.82) is 0 Å². The Morgan fingerprint density at radius 2 is 1.92 bits per heavy atom. The van der Waals surface area contributed by atoms with E-state index in [0.29, 0.717) is 0 Å². The Hall–Kier alpha value is -0.770. The Morgan fingerprint density at radius 3 is 2.17 bits per heavy atom. The summed E-state index contributed by atoms with van der Waals surface area (Å²) in [5.74, 6) is 0. The first-order chi connectivity index (χ1) is 5.24. The van der Waals surface area contributed by atoms with Gasteiger partial charge in [0.25, 0.3) is 0 Å². The van der Waals surface area contributed by atoms with E-state index in [1.807, 2.05) is 0 Å². The molecule has 0 saturated carbocycles. The molecule has 0 aliphatic carbocycles. The van der Waals surface area contributed by atoms with Gasteiger partial charge in [-0.05, 0) is 27.7 Å². The summed E-state index contributed by atoms with van der Waals surface area (Å²) in [6, 6.07) is 0. The van der Waals surface area contributed by atoms with Crippen LogP contribution in [0.4, 0.5) is 4.79 Å². The molecule has 12 heavy (non-hydrogen) atoms. The summed E-state index contributed by atoms with van der Waals surface area (Å²) in [5.41, 5.74) is -0.514.